The Labute approximate surface area is 157 Å². The highest BCUT2D eigenvalue weighted by atomic mass is 32.2. The van der Waals surface area contributed by atoms with Gasteiger partial charge in [0.2, 0.25) is 0 Å². The highest BCUT2D eigenvalue weighted by Crippen LogP contribution is 2.13. The zero-order chi connectivity index (χ0) is 19.8. The zero-order valence-corrected chi connectivity index (χ0v) is 14.7. The van der Waals surface area contributed by atoms with Crippen LogP contribution in [-0.2, 0) is 15.6 Å². The quantitative estimate of drug-likeness (QED) is 0.713. The second kappa shape index (κ2) is 9.33. The summed E-state index contributed by atoms with van der Waals surface area (Å²) in [4.78, 5) is 11.8. The van der Waals surface area contributed by atoms with Crippen molar-refractivity contribution in [2.24, 2.45) is 0 Å². The lowest BCUT2D eigenvalue weighted by Gasteiger charge is -1.98. The Morgan fingerprint density at radius 2 is 1.48 bits per heavy atom. The standard InChI is InChI=1S/C20H12F2N2O2S/c21-19-9-14(11-23)1-3-16(19)5-6-18(25)13-27(26)8-7-17-4-2-15(12-24)10-20(17)22/h1-10H,13H2. The van der Waals surface area contributed by atoms with Crippen LogP contribution < -0.4 is 0 Å². The third-order valence-corrected chi connectivity index (χ3v) is 4.40. The number of hydrogen-bond acceptors (Lipinski definition) is 4. The molecule has 0 saturated carbocycles. The maximum atomic E-state index is 13.7. The van der Waals surface area contributed by atoms with Crippen LogP contribution in [0.3, 0.4) is 0 Å². The average molecular weight is 382 g/mol. The number of carbonyl (C=O) groups excluding carboxylic acids is 1. The number of nitriles is 2. The summed E-state index contributed by atoms with van der Waals surface area (Å²) in [6, 6.07) is 11.3. The minimum absolute atomic E-state index is 0.128. The van der Waals surface area contributed by atoms with Gasteiger partial charge in [0.1, 0.15) is 11.6 Å². The van der Waals surface area contributed by atoms with Gasteiger partial charge in [0, 0.05) is 16.5 Å². The van der Waals surface area contributed by atoms with E-state index in [0.29, 0.717) is 0 Å². The van der Waals surface area contributed by atoms with Gasteiger partial charge in [0.15, 0.2) is 5.78 Å². The smallest absolute Gasteiger partial charge is 0.168 e. The molecule has 1 atom stereocenters. The van der Waals surface area contributed by atoms with Crippen LogP contribution in [0.15, 0.2) is 47.9 Å². The van der Waals surface area contributed by atoms with Gasteiger partial charge in [-0.15, -0.1) is 0 Å². The Balaban J connectivity index is 1.98. The predicted molar refractivity (Wildman–Crippen MR) is 98.3 cm³/mol. The molecule has 0 aliphatic heterocycles. The fourth-order valence-electron chi connectivity index (χ4n) is 2.03. The number of hydrogen-bond donors (Lipinski definition) is 0. The van der Waals surface area contributed by atoms with Gasteiger partial charge in [-0.1, -0.05) is 12.1 Å². The molecule has 0 N–H and O–H groups in total. The summed E-state index contributed by atoms with van der Waals surface area (Å²) in [5.41, 5.74) is 0.603. The van der Waals surface area contributed by atoms with Crippen molar-refractivity contribution < 1.29 is 17.8 Å². The molecule has 2 aromatic rings. The van der Waals surface area contributed by atoms with E-state index >= 15 is 0 Å². The number of benzene rings is 2. The summed E-state index contributed by atoms with van der Waals surface area (Å²) < 4.78 is 39.3. The molecule has 0 saturated heterocycles. The van der Waals surface area contributed by atoms with Crippen molar-refractivity contribution in [2.75, 3.05) is 5.75 Å². The van der Waals surface area contributed by atoms with Gasteiger partial charge >= 0.3 is 0 Å². The van der Waals surface area contributed by atoms with Crippen LogP contribution >= 0.6 is 0 Å². The van der Waals surface area contributed by atoms with Crippen LogP contribution in [0.1, 0.15) is 22.3 Å². The number of rotatable bonds is 6. The molecule has 0 aliphatic carbocycles. The third kappa shape index (κ3) is 5.81. The molecule has 0 bridgehead atoms. The van der Waals surface area contributed by atoms with E-state index in [1.54, 1.807) is 12.1 Å². The number of carbonyl (C=O) groups is 1. The fraction of sp³-hybridized carbons (Fsp3) is 0.0500. The topological polar surface area (TPSA) is 81.7 Å². The molecular weight excluding hydrogens is 370 g/mol. The van der Waals surface area contributed by atoms with Crippen molar-refractivity contribution in [2.45, 2.75) is 0 Å². The lowest BCUT2D eigenvalue weighted by Crippen LogP contribution is -2.05. The first-order chi connectivity index (χ1) is 12.9. The first-order valence-electron chi connectivity index (χ1n) is 7.58. The molecule has 0 heterocycles. The monoisotopic (exact) mass is 382 g/mol. The van der Waals surface area contributed by atoms with Crippen molar-refractivity contribution in [3.63, 3.8) is 0 Å². The van der Waals surface area contributed by atoms with Gasteiger partial charge in [-0.3, -0.25) is 9.00 Å². The minimum Gasteiger partial charge on any atom is -0.294 e. The number of ketones is 1. The molecule has 7 heteroatoms. The van der Waals surface area contributed by atoms with Crippen LogP contribution in [0.25, 0.3) is 12.2 Å². The Morgan fingerprint density at radius 3 is 1.96 bits per heavy atom. The van der Waals surface area contributed by atoms with E-state index in [2.05, 4.69) is 0 Å². The molecule has 134 valence electrons. The Kier molecular flexibility index (Phi) is 6.87. The minimum atomic E-state index is -1.68. The van der Waals surface area contributed by atoms with E-state index in [9.17, 15) is 17.8 Å². The molecule has 2 aromatic carbocycles. The second-order valence-electron chi connectivity index (χ2n) is 5.32. The summed E-state index contributed by atoms with van der Waals surface area (Å²) in [5, 5.41) is 18.5. The van der Waals surface area contributed by atoms with Crippen molar-refractivity contribution >= 4 is 28.7 Å². The van der Waals surface area contributed by atoms with Gasteiger partial charge in [-0.25, -0.2) is 8.78 Å². The van der Waals surface area contributed by atoms with Crippen LogP contribution in [-0.4, -0.2) is 15.7 Å². The molecule has 4 nitrogen and oxygen atoms in total. The number of allylic oxidation sites excluding steroid dienone is 1. The lowest BCUT2D eigenvalue weighted by molar-refractivity contribution is -0.112. The maximum absolute atomic E-state index is 13.7. The molecule has 0 amide bonds. The Morgan fingerprint density at radius 1 is 0.963 bits per heavy atom. The van der Waals surface area contributed by atoms with Crippen molar-refractivity contribution in [1.82, 2.24) is 0 Å². The van der Waals surface area contributed by atoms with E-state index in [0.717, 1.165) is 18.2 Å². The SMILES string of the molecule is N#Cc1ccc(C=CC(=O)CS(=O)C=Cc2ccc(C#N)cc2F)c(F)c1. The largest absolute Gasteiger partial charge is 0.294 e. The van der Waals surface area contributed by atoms with E-state index < -0.39 is 28.2 Å². The molecule has 0 fully saturated rings. The zero-order valence-electron chi connectivity index (χ0n) is 13.9. The van der Waals surface area contributed by atoms with Crippen molar-refractivity contribution in [1.29, 1.82) is 10.5 Å². The molecule has 0 radical (unpaired) electrons. The van der Waals surface area contributed by atoms with Crippen LogP contribution in [0.2, 0.25) is 0 Å². The van der Waals surface area contributed by atoms with Crippen molar-refractivity contribution in [3.05, 3.63) is 81.8 Å². The number of nitrogens with zero attached hydrogens (tertiary/aromatic N) is 2. The normalized spacial score (nSPS) is 12.0. The third-order valence-electron chi connectivity index (χ3n) is 3.39. The van der Waals surface area contributed by atoms with Crippen molar-refractivity contribution in [3.8, 4) is 12.1 Å². The summed E-state index contributed by atoms with van der Waals surface area (Å²) in [6.07, 6.45) is 3.60. The first kappa shape index (κ1) is 19.9. The van der Waals surface area contributed by atoms with Crippen LogP contribution in [0.4, 0.5) is 8.78 Å². The fourth-order valence-corrected chi connectivity index (χ4v) is 2.80. The Hall–Kier alpha value is -3.42. The van der Waals surface area contributed by atoms with E-state index in [4.69, 9.17) is 10.5 Å². The van der Waals surface area contributed by atoms with Gasteiger partial charge in [0.05, 0.1) is 39.8 Å². The average Bonchev–Trinajstić information content (AvgIpc) is 2.65. The summed E-state index contributed by atoms with van der Waals surface area (Å²) in [6.45, 7) is 0. The predicted octanol–water partition coefficient (Wildman–Crippen LogP) is 3.71. The molecule has 0 aromatic heterocycles. The van der Waals surface area contributed by atoms with Gasteiger partial charge in [-0.05, 0) is 42.5 Å². The van der Waals surface area contributed by atoms with Gasteiger partial charge < -0.3 is 0 Å². The molecule has 2 rings (SSSR count). The van der Waals surface area contributed by atoms with E-state index in [1.807, 2.05) is 0 Å². The molecule has 0 spiro atoms. The number of halogens is 2. The lowest BCUT2D eigenvalue weighted by atomic mass is 10.1. The summed E-state index contributed by atoms with van der Waals surface area (Å²) in [5.74, 6) is -2.12. The molecule has 27 heavy (non-hydrogen) atoms. The molecule has 0 aliphatic rings. The molecular formula is C20H12F2N2O2S. The maximum Gasteiger partial charge on any atom is 0.168 e. The van der Waals surface area contributed by atoms with Crippen LogP contribution in [0.5, 0.6) is 0 Å². The van der Waals surface area contributed by atoms with Gasteiger partial charge in [0.25, 0.3) is 0 Å². The first-order valence-corrected chi connectivity index (χ1v) is 8.96. The van der Waals surface area contributed by atoms with Gasteiger partial charge in [-0.2, -0.15) is 10.5 Å². The highest BCUT2D eigenvalue weighted by molar-refractivity contribution is 7.88. The summed E-state index contributed by atoms with van der Waals surface area (Å²) >= 11 is 0. The highest BCUT2D eigenvalue weighted by Gasteiger charge is 2.05. The molecule has 1 unspecified atom stereocenters. The van der Waals surface area contributed by atoms with E-state index in [-0.39, 0.29) is 28.0 Å². The van der Waals surface area contributed by atoms with Crippen LogP contribution in [0, 0.1) is 34.3 Å². The second-order valence-corrected chi connectivity index (χ2v) is 6.65. The van der Waals surface area contributed by atoms with E-state index in [1.165, 1.54) is 41.8 Å². The summed E-state index contributed by atoms with van der Waals surface area (Å²) in [7, 11) is -1.68. The Bertz CT molecular complexity index is 963.